The summed E-state index contributed by atoms with van der Waals surface area (Å²) in [6.45, 7) is 7.01. The second-order valence-corrected chi connectivity index (χ2v) is 7.55. The molecule has 25 heavy (non-hydrogen) atoms. The zero-order valence-electron chi connectivity index (χ0n) is 14.5. The lowest BCUT2D eigenvalue weighted by atomic mass is 10.2. The Morgan fingerprint density at radius 1 is 1.24 bits per heavy atom. The van der Waals surface area contributed by atoms with Crippen LogP contribution in [0.2, 0.25) is 10.0 Å². The minimum atomic E-state index is -0.0547. The van der Waals surface area contributed by atoms with Crippen LogP contribution < -0.4 is 10.1 Å². The maximum absolute atomic E-state index is 12.2. The molecule has 1 atom stereocenters. The van der Waals surface area contributed by atoms with Gasteiger partial charge in [0.1, 0.15) is 6.61 Å². The van der Waals surface area contributed by atoms with Crippen LogP contribution in [0.25, 0.3) is 0 Å². The number of para-hydroxylation sites is 1. The van der Waals surface area contributed by atoms with Crippen molar-refractivity contribution < 1.29 is 9.53 Å². The maximum Gasteiger partial charge on any atom is 0.237 e. The topological polar surface area (TPSA) is 44.8 Å². The third-order valence-electron chi connectivity index (χ3n) is 4.83. The van der Waals surface area contributed by atoms with Crippen molar-refractivity contribution in [3.63, 3.8) is 0 Å². The van der Waals surface area contributed by atoms with E-state index in [2.05, 4.69) is 15.1 Å². The van der Waals surface area contributed by atoms with Gasteiger partial charge in [-0.3, -0.25) is 14.6 Å². The van der Waals surface area contributed by atoms with Crippen LogP contribution in [-0.4, -0.2) is 67.1 Å². The first-order chi connectivity index (χ1) is 12.0. The van der Waals surface area contributed by atoms with Gasteiger partial charge in [-0.25, -0.2) is 0 Å². The highest BCUT2D eigenvalue weighted by Gasteiger charge is 2.29. The number of nitrogens with zero attached hydrogens (tertiary/aromatic N) is 2. The highest BCUT2D eigenvalue weighted by molar-refractivity contribution is 6.37. The molecule has 1 saturated heterocycles. The van der Waals surface area contributed by atoms with Gasteiger partial charge in [-0.2, -0.15) is 0 Å². The number of piperazine rings is 1. The summed E-state index contributed by atoms with van der Waals surface area (Å²) in [6, 6.07) is 5.72. The molecule has 1 aliphatic heterocycles. The van der Waals surface area contributed by atoms with Crippen LogP contribution in [-0.2, 0) is 4.79 Å². The van der Waals surface area contributed by atoms with Crippen molar-refractivity contribution in [2.45, 2.75) is 31.8 Å². The molecular weight excluding hydrogens is 361 g/mol. The standard InChI is InChI=1S/C18H25Cl2N3O2/c1-13(18(24)21-14-5-6-14)23-9-7-22(8-10-23)11-12-25-17-15(19)3-2-4-16(17)20/h2-4,13-14H,5-12H2,1H3,(H,21,24). The molecule has 2 fully saturated rings. The zero-order valence-corrected chi connectivity index (χ0v) is 16.0. The average molecular weight is 386 g/mol. The minimum Gasteiger partial charge on any atom is -0.489 e. The molecule has 1 heterocycles. The molecule has 0 bridgehead atoms. The van der Waals surface area contributed by atoms with Gasteiger partial charge in [0.15, 0.2) is 5.75 Å². The lowest BCUT2D eigenvalue weighted by Crippen LogP contribution is -2.54. The van der Waals surface area contributed by atoms with Gasteiger partial charge < -0.3 is 10.1 Å². The quantitative estimate of drug-likeness (QED) is 0.783. The summed E-state index contributed by atoms with van der Waals surface area (Å²) < 4.78 is 5.75. The molecule has 2 aliphatic rings. The first kappa shape index (κ1) is 18.8. The zero-order chi connectivity index (χ0) is 17.8. The second kappa shape index (κ2) is 8.58. The summed E-state index contributed by atoms with van der Waals surface area (Å²) in [4.78, 5) is 16.7. The second-order valence-electron chi connectivity index (χ2n) is 6.74. The van der Waals surface area contributed by atoms with Crippen LogP contribution >= 0.6 is 23.2 Å². The van der Waals surface area contributed by atoms with E-state index in [0.717, 1.165) is 45.6 Å². The molecule has 138 valence electrons. The predicted octanol–water partition coefficient (Wildman–Crippen LogP) is 2.66. The van der Waals surface area contributed by atoms with Crippen LogP contribution in [0.3, 0.4) is 0 Å². The number of benzene rings is 1. The number of hydrogen-bond acceptors (Lipinski definition) is 4. The van der Waals surface area contributed by atoms with Crippen LogP contribution in [0.1, 0.15) is 19.8 Å². The van der Waals surface area contributed by atoms with Gasteiger partial charge in [0.05, 0.1) is 16.1 Å². The van der Waals surface area contributed by atoms with Crippen LogP contribution in [0.4, 0.5) is 0 Å². The Morgan fingerprint density at radius 2 is 1.88 bits per heavy atom. The van der Waals surface area contributed by atoms with Crippen molar-refractivity contribution >= 4 is 29.1 Å². The van der Waals surface area contributed by atoms with Crippen molar-refractivity contribution in [3.05, 3.63) is 28.2 Å². The van der Waals surface area contributed by atoms with E-state index < -0.39 is 0 Å². The van der Waals surface area contributed by atoms with Crippen molar-refractivity contribution in [3.8, 4) is 5.75 Å². The van der Waals surface area contributed by atoms with Crippen molar-refractivity contribution in [1.29, 1.82) is 0 Å². The van der Waals surface area contributed by atoms with E-state index in [1.54, 1.807) is 18.2 Å². The third-order valence-corrected chi connectivity index (χ3v) is 5.43. The van der Waals surface area contributed by atoms with Gasteiger partial charge in [-0.05, 0) is 31.9 Å². The molecule has 0 radical (unpaired) electrons. The van der Waals surface area contributed by atoms with E-state index in [-0.39, 0.29) is 11.9 Å². The Labute approximate surface area is 159 Å². The minimum absolute atomic E-state index is 0.0547. The number of hydrogen-bond donors (Lipinski definition) is 1. The summed E-state index contributed by atoms with van der Waals surface area (Å²) in [7, 11) is 0. The number of carbonyl (C=O) groups excluding carboxylic acids is 1. The SMILES string of the molecule is CC(C(=O)NC1CC1)N1CCN(CCOc2c(Cl)cccc2Cl)CC1. The number of halogens is 2. The molecule has 7 heteroatoms. The first-order valence-electron chi connectivity index (χ1n) is 8.88. The van der Waals surface area contributed by atoms with Crippen molar-refractivity contribution in [2.75, 3.05) is 39.3 Å². The summed E-state index contributed by atoms with van der Waals surface area (Å²) in [5.74, 6) is 0.711. The van der Waals surface area contributed by atoms with Crippen molar-refractivity contribution in [1.82, 2.24) is 15.1 Å². The van der Waals surface area contributed by atoms with Crippen LogP contribution in [0, 0.1) is 0 Å². The highest BCUT2D eigenvalue weighted by atomic mass is 35.5. The number of carbonyl (C=O) groups is 1. The molecule has 1 N–H and O–H groups in total. The fraction of sp³-hybridized carbons (Fsp3) is 0.611. The van der Waals surface area contributed by atoms with E-state index >= 15 is 0 Å². The molecular formula is C18H25Cl2N3O2. The van der Waals surface area contributed by atoms with E-state index in [4.69, 9.17) is 27.9 Å². The molecule has 0 spiro atoms. The van der Waals surface area contributed by atoms with Gasteiger partial charge in [-0.1, -0.05) is 29.3 Å². The monoisotopic (exact) mass is 385 g/mol. The van der Waals surface area contributed by atoms with E-state index in [1.165, 1.54) is 0 Å². The Hall–Kier alpha value is -1.01. The summed E-state index contributed by atoms with van der Waals surface area (Å²) in [6.07, 6.45) is 2.25. The Morgan fingerprint density at radius 3 is 2.48 bits per heavy atom. The van der Waals surface area contributed by atoms with Crippen LogP contribution in [0.5, 0.6) is 5.75 Å². The average Bonchev–Trinajstić information content (AvgIpc) is 3.41. The van der Waals surface area contributed by atoms with Gasteiger partial charge in [0, 0.05) is 38.8 Å². The van der Waals surface area contributed by atoms with Gasteiger partial charge in [0.2, 0.25) is 5.91 Å². The molecule has 1 amide bonds. The van der Waals surface area contributed by atoms with Gasteiger partial charge >= 0.3 is 0 Å². The molecule has 5 nitrogen and oxygen atoms in total. The fourth-order valence-electron chi connectivity index (χ4n) is 2.99. The predicted molar refractivity (Wildman–Crippen MR) is 101 cm³/mol. The Bertz CT molecular complexity index is 582. The Balaban J connectivity index is 1.38. The van der Waals surface area contributed by atoms with E-state index in [9.17, 15) is 4.79 Å². The molecule has 0 aromatic heterocycles. The van der Waals surface area contributed by atoms with Gasteiger partial charge in [0.25, 0.3) is 0 Å². The van der Waals surface area contributed by atoms with Crippen LogP contribution in [0.15, 0.2) is 18.2 Å². The lowest BCUT2D eigenvalue weighted by Gasteiger charge is -2.37. The molecule has 1 aromatic rings. The smallest absolute Gasteiger partial charge is 0.237 e. The van der Waals surface area contributed by atoms with E-state index in [1.807, 2.05) is 6.92 Å². The molecule has 3 rings (SSSR count). The number of ether oxygens (including phenoxy) is 1. The molecule has 1 unspecified atom stereocenters. The lowest BCUT2D eigenvalue weighted by molar-refractivity contribution is -0.126. The number of nitrogens with one attached hydrogen (secondary N) is 1. The number of rotatable bonds is 7. The molecule has 1 aromatic carbocycles. The highest BCUT2D eigenvalue weighted by Crippen LogP contribution is 2.32. The summed E-state index contributed by atoms with van der Waals surface area (Å²) >= 11 is 12.2. The normalized spacial score (nSPS) is 20.3. The largest absolute Gasteiger partial charge is 0.489 e. The van der Waals surface area contributed by atoms with Gasteiger partial charge in [-0.15, -0.1) is 0 Å². The first-order valence-corrected chi connectivity index (χ1v) is 9.64. The third kappa shape index (κ3) is 5.23. The summed E-state index contributed by atoms with van der Waals surface area (Å²) in [5.41, 5.74) is 0. The fourth-order valence-corrected chi connectivity index (χ4v) is 3.49. The molecule has 1 saturated carbocycles. The Kier molecular flexibility index (Phi) is 6.44. The molecule has 1 aliphatic carbocycles. The van der Waals surface area contributed by atoms with E-state index in [0.29, 0.717) is 28.4 Å². The summed E-state index contributed by atoms with van der Waals surface area (Å²) in [5, 5.41) is 4.16. The number of amides is 1. The maximum atomic E-state index is 12.2. The van der Waals surface area contributed by atoms with Crippen molar-refractivity contribution in [2.24, 2.45) is 0 Å².